The lowest BCUT2D eigenvalue weighted by Gasteiger charge is -2.09. The maximum atomic E-state index is 12.7. The average molecular weight is 337 g/mol. The van der Waals surface area contributed by atoms with E-state index in [-0.39, 0.29) is 12.2 Å². The fraction of sp³-hybridized carbons (Fsp3) is 0.176. The molecule has 0 radical (unpaired) electrons. The summed E-state index contributed by atoms with van der Waals surface area (Å²) in [6.07, 6.45) is -4.52. The molecule has 0 aliphatic heterocycles. The number of alkyl halides is 3. The van der Waals surface area contributed by atoms with Crippen molar-refractivity contribution in [1.29, 1.82) is 0 Å². The molecule has 2 rings (SSSR count). The van der Waals surface area contributed by atoms with Crippen molar-refractivity contribution in [3.8, 4) is 0 Å². The standard InChI is InChI=1S/C17H14F3NO3/c1-2-24-16(23)11-6-8-14(9-7-11)21-15(22)12-4-3-5-13(10-12)17(18,19)20/h3-10H,2H2,1H3,(H,21,22). The zero-order valence-corrected chi connectivity index (χ0v) is 12.7. The highest BCUT2D eigenvalue weighted by Crippen LogP contribution is 2.29. The summed E-state index contributed by atoms with van der Waals surface area (Å²) in [5.41, 5.74) is -0.341. The van der Waals surface area contributed by atoms with Crippen LogP contribution in [0.25, 0.3) is 0 Å². The molecule has 4 nitrogen and oxygen atoms in total. The summed E-state index contributed by atoms with van der Waals surface area (Å²) in [7, 11) is 0. The van der Waals surface area contributed by atoms with Crippen molar-refractivity contribution in [3.63, 3.8) is 0 Å². The maximum absolute atomic E-state index is 12.7. The van der Waals surface area contributed by atoms with Crippen LogP contribution in [0, 0.1) is 0 Å². The Kier molecular flexibility index (Phi) is 5.23. The van der Waals surface area contributed by atoms with Crippen molar-refractivity contribution in [2.45, 2.75) is 13.1 Å². The van der Waals surface area contributed by atoms with Gasteiger partial charge >= 0.3 is 12.1 Å². The molecule has 24 heavy (non-hydrogen) atoms. The molecule has 7 heteroatoms. The summed E-state index contributed by atoms with van der Waals surface area (Å²) in [4.78, 5) is 23.6. The summed E-state index contributed by atoms with van der Waals surface area (Å²) < 4.78 is 42.8. The zero-order valence-electron chi connectivity index (χ0n) is 12.7. The first-order valence-corrected chi connectivity index (χ1v) is 7.07. The van der Waals surface area contributed by atoms with Crippen LogP contribution in [0.2, 0.25) is 0 Å². The molecular formula is C17H14F3NO3. The van der Waals surface area contributed by atoms with E-state index in [1.165, 1.54) is 36.4 Å². The molecule has 0 bridgehead atoms. The van der Waals surface area contributed by atoms with Gasteiger partial charge in [-0.3, -0.25) is 4.79 Å². The summed E-state index contributed by atoms with van der Waals surface area (Å²) in [6, 6.07) is 9.99. The molecule has 0 saturated heterocycles. The van der Waals surface area contributed by atoms with Crippen LogP contribution in [0.5, 0.6) is 0 Å². The van der Waals surface area contributed by atoms with Gasteiger partial charge in [-0.15, -0.1) is 0 Å². The fourth-order valence-corrected chi connectivity index (χ4v) is 1.94. The summed E-state index contributed by atoms with van der Waals surface area (Å²) in [6.45, 7) is 1.93. The van der Waals surface area contributed by atoms with E-state index in [9.17, 15) is 22.8 Å². The zero-order chi connectivity index (χ0) is 17.7. The lowest BCUT2D eigenvalue weighted by Crippen LogP contribution is -2.14. The SMILES string of the molecule is CCOC(=O)c1ccc(NC(=O)c2cccc(C(F)(F)F)c2)cc1. The highest BCUT2D eigenvalue weighted by molar-refractivity contribution is 6.04. The molecule has 0 fully saturated rings. The Bertz CT molecular complexity index is 739. The lowest BCUT2D eigenvalue weighted by molar-refractivity contribution is -0.137. The minimum Gasteiger partial charge on any atom is -0.462 e. The van der Waals surface area contributed by atoms with Crippen molar-refractivity contribution < 1.29 is 27.5 Å². The van der Waals surface area contributed by atoms with Gasteiger partial charge in [0.1, 0.15) is 0 Å². The average Bonchev–Trinajstić information content (AvgIpc) is 2.55. The van der Waals surface area contributed by atoms with Crippen LogP contribution in [0.1, 0.15) is 33.2 Å². The molecule has 0 aromatic heterocycles. The Morgan fingerprint density at radius 1 is 1.04 bits per heavy atom. The molecule has 126 valence electrons. The number of amides is 1. The van der Waals surface area contributed by atoms with E-state index in [2.05, 4.69) is 5.32 Å². The second-order valence-corrected chi connectivity index (χ2v) is 4.83. The van der Waals surface area contributed by atoms with E-state index in [1.54, 1.807) is 6.92 Å². The van der Waals surface area contributed by atoms with Crippen molar-refractivity contribution in [3.05, 3.63) is 65.2 Å². The van der Waals surface area contributed by atoms with Crippen LogP contribution in [0.3, 0.4) is 0 Å². The number of ether oxygens (including phenoxy) is 1. The summed E-state index contributed by atoms with van der Waals surface area (Å²) in [5.74, 6) is -1.17. The van der Waals surface area contributed by atoms with Crippen molar-refractivity contribution in [2.75, 3.05) is 11.9 Å². The molecule has 0 aliphatic carbocycles. The number of nitrogens with one attached hydrogen (secondary N) is 1. The first kappa shape index (κ1) is 17.5. The molecule has 2 aromatic rings. The third-order valence-electron chi connectivity index (χ3n) is 3.11. The van der Waals surface area contributed by atoms with Gasteiger partial charge in [-0.25, -0.2) is 4.79 Å². The molecule has 1 N–H and O–H groups in total. The molecule has 0 spiro atoms. The Labute approximate surface area is 136 Å². The number of esters is 1. The van der Waals surface area contributed by atoms with Crippen molar-refractivity contribution in [2.24, 2.45) is 0 Å². The third-order valence-corrected chi connectivity index (χ3v) is 3.11. The molecule has 0 aliphatic rings. The van der Waals surface area contributed by atoms with E-state index >= 15 is 0 Å². The second-order valence-electron chi connectivity index (χ2n) is 4.83. The highest BCUT2D eigenvalue weighted by atomic mass is 19.4. The lowest BCUT2D eigenvalue weighted by atomic mass is 10.1. The minimum absolute atomic E-state index is 0.112. The van der Waals surface area contributed by atoms with E-state index in [4.69, 9.17) is 4.74 Å². The minimum atomic E-state index is -4.52. The normalized spacial score (nSPS) is 11.0. The number of carbonyl (C=O) groups is 2. The number of hydrogen-bond donors (Lipinski definition) is 1. The Morgan fingerprint density at radius 3 is 2.29 bits per heavy atom. The molecule has 0 atom stereocenters. The number of carbonyl (C=O) groups excluding carboxylic acids is 2. The van der Waals surface area contributed by atoms with Gasteiger partial charge in [0.25, 0.3) is 5.91 Å². The Balaban J connectivity index is 2.11. The van der Waals surface area contributed by atoms with Crippen LogP contribution in [-0.4, -0.2) is 18.5 Å². The molecule has 2 aromatic carbocycles. The molecule has 0 heterocycles. The summed E-state index contributed by atoms with van der Waals surface area (Å²) in [5, 5.41) is 2.48. The van der Waals surface area contributed by atoms with Gasteiger partial charge in [0.2, 0.25) is 0 Å². The quantitative estimate of drug-likeness (QED) is 0.853. The number of hydrogen-bond acceptors (Lipinski definition) is 3. The monoisotopic (exact) mass is 337 g/mol. The number of rotatable bonds is 4. The van der Waals surface area contributed by atoms with E-state index < -0.39 is 23.6 Å². The largest absolute Gasteiger partial charge is 0.462 e. The highest BCUT2D eigenvalue weighted by Gasteiger charge is 2.30. The molecule has 0 saturated carbocycles. The Morgan fingerprint density at radius 2 is 1.71 bits per heavy atom. The van der Waals surface area contributed by atoms with E-state index in [1.807, 2.05) is 0 Å². The van der Waals surface area contributed by atoms with Crippen LogP contribution in [-0.2, 0) is 10.9 Å². The smallest absolute Gasteiger partial charge is 0.416 e. The number of anilines is 1. The van der Waals surface area contributed by atoms with E-state index in [0.717, 1.165) is 12.1 Å². The Hall–Kier alpha value is -2.83. The van der Waals surface area contributed by atoms with Crippen molar-refractivity contribution in [1.82, 2.24) is 0 Å². The first-order chi connectivity index (χ1) is 11.3. The van der Waals surface area contributed by atoms with Gasteiger partial charge in [0.15, 0.2) is 0 Å². The molecule has 1 amide bonds. The molecular weight excluding hydrogens is 323 g/mol. The predicted octanol–water partition coefficient (Wildman–Crippen LogP) is 4.13. The van der Waals surface area contributed by atoms with Gasteiger partial charge < -0.3 is 10.1 Å². The maximum Gasteiger partial charge on any atom is 0.416 e. The predicted molar refractivity (Wildman–Crippen MR) is 81.8 cm³/mol. The summed E-state index contributed by atoms with van der Waals surface area (Å²) >= 11 is 0. The fourth-order valence-electron chi connectivity index (χ4n) is 1.94. The second kappa shape index (κ2) is 7.16. The van der Waals surface area contributed by atoms with Crippen LogP contribution >= 0.6 is 0 Å². The van der Waals surface area contributed by atoms with Gasteiger partial charge in [-0.05, 0) is 49.4 Å². The number of benzene rings is 2. The molecule has 0 unspecified atom stereocenters. The topological polar surface area (TPSA) is 55.4 Å². The van der Waals surface area contributed by atoms with Gasteiger partial charge in [0, 0.05) is 11.3 Å². The van der Waals surface area contributed by atoms with Gasteiger partial charge in [-0.1, -0.05) is 6.07 Å². The van der Waals surface area contributed by atoms with Crippen LogP contribution in [0.4, 0.5) is 18.9 Å². The van der Waals surface area contributed by atoms with Gasteiger partial charge in [-0.2, -0.15) is 13.2 Å². The first-order valence-electron chi connectivity index (χ1n) is 7.07. The van der Waals surface area contributed by atoms with Crippen LogP contribution < -0.4 is 5.32 Å². The van der Waals surface area contributed by atoms with Crippen molar-refractivity contribution >= 4 is 17.6 Å². The van der Waals surface area contributed by atoms with Gasteiger partial charge in [0.05, 0.1) is 17.7 Å². The third kappa shape index (κ3) is 4.34. The number of halogens is 3. The van der Waals surface area contributed by atoms with E-state index in [0.29, 0.717) is 11.3 Å². The van der Waals surface area contributed by atoms with Crippen LogP contribution in [0.15, 0.2) is 48.5 Å².